The molecule has 2 heterocycles. The highest BCUT2D eigenvalue weighted by molar-refractivity contribution is 5.71. The van der Waals surface area contributed by atoms with E-state index in [1.165, 1.54) is 0 Å². The molecule has 16 heavy (non-hydrogen) atoms. The van der Waals surface area contributed by atoms with Gasteiger partial charge in [-0.15, -0.1) is 0 Å². The maximum atomic E-state index is 11.7. The Morgan fingerprint density at radius 2 is 2.19 bits per heavy atom. The maximum Gasteiger partial charge on any atom is 0.411 e. The predicted octanol–water partition coefficient (Wildman–Crippen LogP) is 1.71. The van der Waals surface area contributed by atoms with Crippen molar-refractivity contribution >= 4 is 6.09 Å². The van der Waals surface area contributed by atoms with Gasteiger partial charge in [0.05, 0.1) is 6.04 Å². The molecule has 0 radical (unpaired) electrons. The molecule has 2 atom stereocenters. The molecule has 1 aliphatic rings. The van der Waals surface area contributed by atoms with Gasteiger partial charge in [0.1, 0.15) is 0 Å². The summed E-state index contributed by atoms with van der Waals surface area (Å²) in [7, 11) is 1.90. The van der Waals surface area contributed by atoms with E-state index in [0.29, 0.717) is 0 Å². The number of amides is 1. The fraction of sp³-hybridized carbons (Fsp3) is 0.636. The molecule has 0 unspecified atom stereocenters. The summed E-state index contributed by atoms with van der Waals surface area (Å²) in [5.41, 5.74) is 0. The van der Waals surface area contributed by atoms with Gasteiger partial charge < -0.3 is 9.30 Å². The number of carbonyl (C=O) groups is 1. The Morgan fingerprint density at radius 1 is 1.50 bits per heavy atom. The van der Waals surface area contributed by atoms with Crippen molar-refractivity contribution in [1.82, 2.24) is 14.5 Å². The molecule has 1 fully saturated rings. The molecule has 5 nitrogen and oxygen atoms in total. The quantitative estimate of drug-likeness (QED) is 0.766. The third-order valence-corrected chi connectivity index (χ3v) is 2.98. The van der Waals surface area contributed by atoms with E-state index in [1.807, 2.05) is 38.6 Å². The van der Waals surface area contributed by atoms with Crippen LogP contribution in [-0.4, -0.2) is 32.6 Å². The molecule has 0 N–H and O–H groups in total. The molecule has 1 aromatic rings. The topological polar surface area (TPSA) is 47.4 Å². The second-order valence-electron chi connectivity index (χ2n) is 4.44. The summed E-state index contributed by atoms with van der Waals surface area (Å²) >= 11 is 0. The van der Waals surface area contributed by atoms with E-state index in [2.05, 4.69) is 4.98 Å². The smallest absolute Gasteiger partial charge is 0.411 e. The second kappa shape index (κ2) is 3.81. The van der Waals surface area contributed by atoms with E-state index < -0.39 is 0 Å². The average molecular weight is 223 g/mol. The highest BCUT2D eigenvalue weighted by Gasteiger charge is 2.42. The Balaban J connectivity index is 2.27. The zero-order valence-electron chi connectivity index (χ0n) is 10.0. The molecule has 0 spiro atoms. The molecule has 2 rings (SSSR count). The van der Waals surface area contributed by atoms with Crippen LogP contribution in [0, 0.1) is 0 Å². The summed E-state index contributed by atoms with van der Waals surface area (Å²) in [5.74, 6) is 0.795. The Bertz CT molecular complexity index is 400. The van der Waals surface area contributed by atoms with Gasteiger partial charge in [-0.2, -0.15) is 0 Å². The average Bonchev–Trinajstić information content (AvgIpc) is 2.70. The normalized spacial score (nSPS) is 25.3. The highest BCUT2D eigenvalue weighted by atomic mass is 16.6. The van der Waals surface area contributed by atoms with Gasteiger partial charge in [-0.25, -0.2) is 9.78 Å². The number of rotatable bonds is 2. The lowest BCUT2D eigenvalue weighted by atomic mass is 10.1. The van der Waals surface area contributed by atoms with E-state index in [1.54, 1.807) is 11.1 Å². The number of hydrogen-bond donors (Lipinski definition) is 0. The van der Waals surface area contributed by atoms with Gasteiger partial charge in [-0.3, -0.25) is 4.90 Å². The first-order chi connectivity index (χ1) is 7.52. The fourth-order valence-electron chi connectivity index (χ4n) is 2.18. The van der Waals surface area contributed by atoms with Crippen LogP contribution in [0.25, 0.3) is 0 Å². The first kappa shape index (κ1) is 11.0. The Labute approximate surface area is 95.0 Å². The highest BCUT2D eigenvalue weighted by Crippen LogP contribution is 2.32. The van der Waals surface area contributed by atoms with Gasteiger partial charge in [0.25, 0.3) is 0 Å². The van der Waals surface area contributed by atoms with Crippen molar-refractivity contribution < 1.29 is 9.53 Å². The van der Waals surface area contributed by atoms with Crippen molar-refractivity contribution in [3.8, 4) is 0 Å². The number of ether oxygens (including phenoxy) is 1. The van der Waals surface area contributed by atoms with Crippen LogP contribution in [-0.2, 0) is 11.8 Å². The zero-order chi connectivity index (χ0) is 11.9. The number of imidazole rings is 1. The van der Waals surface area contributed by atoms with Gasteiger partial charge in [0, 0.05) is 25.5 Å². The molecule has 0 saturated carbocycles. The summed E-state index contributed by atoms with van der Waals surface area (Å²) in [4.78, 5) is 17.7. The third kappa shape index (κ3) is 1.56. The molecule has 0 bridgehead atoms. The summed E-state index contributed by atoms with van der Waals surface area (Å²) in [5, 5.41) is 0. The van der Waals surface area contributed by atoms with Crippen molar-refractivity contribution in [3.63, 3.8) is 0 Å². The molecule has 0 aliphatic carbocycles. The minimum atomic E-state index is -0.269. The van der Waals surface area contributed by atoms with Gasteiger partial charge in [0.2, 0.25) is 0 Å². The van der Waals surface area contributed by atoms with E-state index in [9.17, 15) is 4.79 Å². The minimum Gasteiger partial charge on any atom is -0.436 e. The minimum absolute atomic E-state index is 0.0219. The number of nitrogens with zero attached hydrogens (tertiary/aromatic N) is 3. The lowest BCUT2D eigenvalue weighted by molar-refractivity contribution is 0.124. The fourth-order valence-corrected chi connectivity index (χ4v) is 2.18. The van der Waals surface area contributed by atoms with Crippen LogP contribution in [0.1, 0.15) is 32.7 Å². The van der Waals surface area contributed by atoms with Crippen molar-refractivity contribution in [3.05, 3.63) is 18.2 Å². The maximum absolute atomic E-state index is 11.7. The first-order valence-electron chi connectivity index (χ1n) is 5.48. The third-order valence-electron chi connectivity index (χ3n) is 2.98. The monoisotopic (exact) mass is 223 g/mol. The van der Waals surface area contributed by atoms with E-state index in [4.69, 9.17) is 4.74 Å². The number of aromatic nitrogens is 2. The molecule has 1 aliphatic heterocycles. The Hall–Kier alpha value is -1.52. The molecule has 1 saturated heterocycles. The van der Waals surface area contributed by atoms with Crippen LogP contribution >= 0.6 is 0 Å². The second-order valence-corrected chi connectivity index (χ2v) is 4.44. The molecule has 5 heteroatoms. The first-order valence-corrected chi connectivity index (χ1v) is 5.48. The SMILES string of the molecule is CC(C)N1C(=O)O[C@H](c2nccn2C)[C@@H]1C. The predicted molar refractivity (Wildman–Crippen MR) is 58.9 cm³/mol. The lowest BCUT2D eigenvalue weighted by Gasteiger charge is -2.23. The molecular formula is C11H17N3O2. The standard InChI is InChI=1S/C11H17N3O2/c1-7(2)14-8(3)9(16-11(14)15)10-12-5-6-13(10)4/h5-9H,1-4H3/t8-,9-/m0/s1. The van der Waals surface area contributed by atoms with Crippen molar-refractivity contribution in [1.29, 1.82) is 0 Å². The Kier molecular flexibility index (Phi) is 2.61. The lowest BCUT2D eigenvalue weighted by Crippen LogP contribution is -2.37. The van der Waals surface area contributed by atoms with Crippen LogP contribution in [0.4, 0.5) is 4.79 Å². The number of cyclic esters (lactones) is 1. The molecule has 88 valence electrons. The van der Waals surface area contributed by atoms with Crippen LogP contribution in [0.3, 0.4) is 0 Å². The molecular weight excluding hydrogens is 206 g/mol. The molecule has 1 amide bonds. The van der Waals surface area contributed by atoms with E-state index in [-0.39, 0.29) is 24.3 Å². The van der Waals surface area contributed by atoms with E-state index in [0.717, 1.165) is 5.82 Å². The largest absolute Gasteiger partial charge is 0.436 e. The summed E-state index contributed by atoms with van der Waals surface area (Å²) < 4.78 is 7.26. The van der Waals surface area contributed by atoms with Crippen LogP contribution in [0.5, 0.6) is 0 Å². The van der Waals surface area contributed by atoms with Gasteiger partial charge >= 0.3 is 6.09 Å². The van der Waals surface area contributed by atoms with Crippen molar-refractivity contribution in [2.24, 2.45) is 7.05 Å². The van der Waals surface area contributed by atoms with Crippen molar-refractivity contribution in [2.45, 2.75) is 39.0 Å². The number of aryl methyl sites for hydroxylation is 1. The molecule has 0 aromatic carbocycles. The summed E-state index contributed by atoms with van der Waals surface area (Å²) in [6.07, 6.45) is 3.05. The molecule has 1 aromatic heterocycles. The van der Waals surface area contributed by atoms with Gasteiger partial charge in [0.15, 0.2) is 11.9 Å². The van der Waals surface area contributed by atoms with Crippen molar-refractivity contribution in [2.75, 3.05) is 0 Å². The van der Waals surface area contributed by atoms with Crippen LogP contribution in [0.2, 0.25) is 0 Å². The van der Waals surface area contributed by atoms with Gasteiger partial charge in [-0.05, 0) is 20.8 Å². The Morgan fingerprint density at radius 3 is 2.62 bits per heavy atom. The number of carbonyl (C=O) groups excluding carboxylic acids is 1. The summed E-state index contributed by atoms with van der Waals surface area (Å²) in [6, 6.07) is 0.168. The van der Waals surface area contributed by atoms with Crippen LogP contribution in [0.15, 0.2) is 12.4 Å². The summed E-state index contributed by atoms with van der Waals surface area (Å²) in [6.45, 7) is 5.96. The van der Waals surface area contributed by atoms with Gasteiger partial charge in [-0.1, -0.05) is 0 Å². The zero-order valence-corrected chi connectivity index (χ0v) is 10.0. The van der Waals surface area contributed by atoms with Crippen LogP contribution < -0.4 is 0 Å². The van der Waals surface area contributed by atoms with E-state index >= 15 is 0 Å². The number of hydrogen-bond acceptors (Lipinski definition) is 3.